The van der Waals surface area contributed by atoms with Gasteiger partial charge in [0.25, 0.3) is 0 Å². The lowest BCUT2D eigenvalue weighted by molar-refractivity contribution is -0.137. The van der Waals surface area contributed by atoms with Crippen molar-refractivity contribution in [2.24, 2.45) is 0 Å². The van der Waals surface area contributed by atoms with Gasteiger partial charge in [-0.15, -0.1) is 0 Å². The number of benzene rings is 5. The van der Waals surface area contributed by atoms with Crippen LogP contribution in [0.25, 0.3) is 11.1 Å². The minimum atomic E-state index is -4.44. The summed E-state index contributed by atoms with van der Waals surface area (Å²) in [5.74, 6) is 1.20. The average Bonchev–Trinajstić information content (AvgIpc) is 3.04. The Bertz CT molecular complexity index is 1750. The molecule has 8 heteroatoms. The summed E-state index contributed by atoms with van der Waals surface area (Å²) in [6, 6.07) is 33.1. The highest BCUT2D eigenvalue weighted by Crippen LogP contribution is 2.37. The van der Waals surface area contributed by atoms with Gasteiger partial charge in [-0.1, -0.05) is 62.4 Å². The number of anilines is 2. The van der Waals surface area contributed by atoms with E-state index in [1.807, 2.05) is 91.0 Å². The lowest BCUT2D eigenvalue weighted by Crippen LogP contribution is -2.08. The van der Waals surface area contributed by atoms with Crippen LogP contribution in [0.3, 0.4) is 0 Å². The zero-order valence-electron chi connectivity index (χ0n) is 25.0. The van der Waals surface area contributed by atoms with Gasteiger partial charge in [0.1, 0.15) is 23.9 Å². The van der Waals surface area contributed by atoms with Crippen molar-refractivity contribution in [1.29, 1.82) is 0 Å². The molecule has 5 rings (SSSR count). The molecule has 0 heterocycles. The van der Waals surface area contributed by atoms with Crippen LogP contribution in [0.15, 0.2) is 115 Å². The Morgan fingerprint density at radius 2 is 1.44 bits per heavy atom. The van der Waals surface area contributed by atoms with E-state index in [4.69, 9.17) is 14.2 Å². The van der Waals surface area contributed by atoms with E-state index in [-0.39, 0.29) is 18.3 Å². The Labute approximate surface area is 260 Å². The number of rotatable bonds is 10. The molecule has 0 aromatic heterocycles. The van der Waals surface area contributed by atoms with E-state index in [0.717, 1.165) is 45.8 Å². The van der Waals surface area contributed by atoms with Crippen LogP contribution in [0.5, 0.6) is 17.2 Å². The third-order valence-corrected chi connectivity index (χ3v) is 7.16. The monoisotopic (exact) mass is 611 g/mol. The maximum atomic E-state index is 13.0. The third-order valence-electron chi connectivity index (χ3n) is 7.16. The molecule has 0 bridgehead atoms. The summed E-state index contributed by atoms with van der Waals surface area (Å²) in [4.78, 5) is 12.9. The molecule has 0 amide bonds. The highest BCUT2D eigenvalue weighted by Gasteiger charge is 2.30. The minimum Gasteiger partial charge on any atom is -0.489 e. The number of nitrogens with one attached hydrogen (secondary N) is 1. The molecule has 0 aliphatic heterocycles. The summed E-state index contributed by atoms with van der Waals surface area (Å²) in [6.07, 6.45) is -4.44. The molecule has 0 saturated heterocycles. The van der Waals surface area contributed by atoms with Crippen LogP contribution in [-0.4, -0.2) is 13.1 Å². The van der Waals surface area contributed by atoms with Crippen molar-refractivity contribution in [3.63, 3.8) is 0 Å². The fraction of sp³-hybridized carbons (Fsp3) is 0.162. The van der Waals surface area contributed by atoms with Crippen molar-refractivity contribution < 1.29 is 32.2 Å². The van der Waals surface area contributed by atoms with Gasteiger partial charge in [0.2, 0.25) is 0 Å². The summed E-state index contributed by atoms with van der Waals surface area (Å²) < 4.78 is 55.8. The van der Waals surface area contributed by atoms with Crippen molar-refractivity contribution in [3.8, 4) is 28.4 Å². The lowest BCUT2D eigenvalue weighted by atomic mass is 9.89. The SMILES string of the molecule is COC(=O)c1cc(-c2ccc(COc3cccc(C(F)(F)F)c3)cc2)c(C(C)C)cc1Nc1ccc(Oc2ccccc2)cc1. The number of hydrogen-bond donors (Lipinski definition) is 1. The number of halogens is 3. The number of carbonyl (C=O) groups excluding carboxylic acids is 1. The quantitative estimate of drug-likeness (QED) is 0.159. The maximum Gasteiger partial charge on any atom is 0.416 e. The van der Waals surface area contributed by atoms with Crippen LogP contribution in [-0.2, 0) is 17.5 Å². The summed E-state index contributed by atoms with van der Waals surface area (Å²) >= 11 is 0. The molecule has 0 aliphatic carbocycles. The van der Waals surface area contributed by atoms with Crippen molar-refractivity contribution >= 4 is 17.3 Å². The predicted octanol–water partition coefficient (Wildman–Crippen LogP) is 10.4. The average molecular weight is 612 g/mol. The van der Waals surface area contributed by atoms with Gasteiger partial charge < -0.3 is 19.5 Å². The number of methoxy groups -OCH3 is 1. The van der Waals surface area contributed by atoms with E-state index in [1.54, 1.807) is 0 Å². The molecule has 0 spiro atoms. The van der Waals surface area contributed by atoms with Crippen molar-refractivity contribution in [3.05, 3.63) is 138 Å². The normalized spacial score (nSPS) is 11.3. The molecular weight excluding hydrogens is 579 g/mol. The van der Waals surface area contributed by atoms with Crippen molar-refractivity contribution in [2.45, 2.75) is 32.5 Å². The molecule has 0 unspecified atom stereocenters. The minimum absolute atomic E-state index is 0.101. The van der Waals surface area contributed by atoms with Gasteiger partial charge in [0.15, 0.2) is 0 Å². The van der Waals surface area contributed by atoms with E-state index in [0.29, 0.717) is 17.0 Å². The van der Waals surface area contributed by atoms with Gasteiger partial charge in [-0.2, -0.15) is 13.2 Å². The molecule has 1 N–H and O–H groups in total. The van der Waals surface area contributed by atoms with Crippen LogP contribution in [0, 0.1) is 0 Å². The molecule has 5 aromatic rings. The first-order valence-corrected chi connectivity index (χ1v) is 14.4. The van der Waals surface area contributed by atoms with E-state index in [2.05, 4.69) is 19.2 Å². The summed E-state index contributed by atoms with van der Waals surface area (Å²) in [6.45, 7) is 4.25. The number of para-hydroxylation sites is 1. The first-order valence-electron chi connectivity index (χ1n) is 14.4. The fourth-order valence-corrected chi connectivity index (χ4v) is 4.82. The molecule has 0 radical (unpaired) electrons. The molecule has 5 nitrogen and oxygen atoms in total. The molecule has 5 aromatic carbocycles. The first-order chi connectivity index (χ1) is 21.6. The van der Waals surface area contributed by atoms with E-state index < -0.39 is 17.7 Å². The fourth-order valence-electron chi connectivity index (χ4n) is 4.82. The van der Waals surface area contributed by atoms with E-state index in [1.165, 1.54) is 19.2 Å². The first kappa shape index (κ1) is 31.2. The van der Waals surface area contributed by atoms with Gasteiger partial charge in [-0.05, 0) is 94.9 Å². The lowest BCUT2D eigenvalue weighted by Gasteiger charge is -2.19. The Kier molecular flexibility index (Phi) is 9.42. The number of alkyl halides is 3. The second-order valence-corrected chi connectivity index (χ2v) is 10.7. The van der Waals surface area contributed by atoms with Crippen LogP contribution in [0.1, 0.15) is 46.8 Å². The Hall–Kier alpha value is -5.24. The highest BCUT2D eigenvalue weighted by atomic mass is 19.4. The molecule has 0 atom stereocenters. The molecule has 0 saturated carbocycles. The van der Waals surface area contributed by atoms with E-state index in [9.17, 15) is 18.0 Å². The van der Waals surface area contributed by atoms with Crippen molar-refractivity contribution in [2.75, 3.05) is 12.4 Å². The Balaban J connectivity index is 1.37. The smallest absolute Gasteiger partial charge is 0.416 e. The zero-order valence-corrected chi connectivity index (χ0v) is 25.0. The predicted molar refractivity (Wildman–Crippen MR) is 169 cm³/mol. The number of carbonyl (C=O) groups is 1. The third kappa shape index (κ3) is 7.84. The summed E-state index contributed by atoms with van der Waals surface area (Å²) in [7, 11) is 1.34. The Morgan fingerprint density at radius 1 is 0.778 bits per heavy atom. The van der Waals surface area contributed by atoms with Crippen LogP contribution in [0.4, 0.5) is 24.5 Å². The maximum absolute atomic E-state index is 13.0. The van der Waals surface area contributed by atoms with Gasteiger partial charge in [-0.3, -0.25) is 0 Å². The molecule has 45 heavy (non-hydrogen) atoms. The van der Waals surface area contributed by atoms with Crippen LogP contribution < -0.4 is 14.8 Å². The van der Waals surface area contributed by atoms with Gasteiger partial charge in [-0.25, -0.2) is 4.79 Å². The summed E-state index contributed by atoms with van der Waals surface area (Å²) in [5.41, 5.74) is 4.54. The largest absolute Gasteiger partial charge is 0.489 e. The molecule has 0 fully saturated rings. The van der Waals surface area contributed by atoms with Gasteiger partial charge in [0, 0.05) is 5.69 Å². The summed E-state index contributed by atoms with van der Waals surface area (Å²) in [5, 5.41) is 3.36. The van der Waals surface area contributed by atoms with Gasteiger partial charge in [0.05, 0.1) is 23.9 Å². The topological polar surface area (TPSA) is 56.8 Å². The van der Waals surface area contributed by atoms with E-state index >= 15 is 0 Å². The number of ether oxygens (including phenoxy) is 3. The number of hydrogen-bond acceptors (Lipinski definition) is 5. The van der Waals surface area contributed by atoms with Gasteiger partial charge >= 0.3 is 12.1 Å². The number of esters is 1. The highest BCUT2D eigenvalue weighted by molar-refractivity contribution is 5.98. The standard InChI is InChI=1S/C37H32F3NO4/c1-24(2)32-22-35(41-28-16-18-30(19-17-28)45-29-9-5-4-6-10-29)34(36(42)43-3)21-33(32)26-14-12-25(13-15-26)23-44-31-11-7-8-27(20-31)37(38,39)40/h4-22,24,41H,23H2,1-3H3. The molecular formula is C37H32F3NO4. The zero-order chi connectivity index (χ0) is 32.0. The van der Waals surface area contributed by atoms with Crippen LogP contribution in [0.2, 0.25) is 0 Å². The molecule has 230 valence electrons. The second-order valence-electron chi connectivity index (χ2n) is 10.7. The molecule has 0 aliphatic rings. The second kappa shape index (κ2) is 13.6. The van der Waals surface area contributed by atoms with Crippen LogP contribution >= 0.6 is 0 Å². The van der Waals surface area contributed by atoms with Crippen molar-refractivity contribution in [1.82, 2.24) is 0 Å². The Morgan fingerprint density at radius 3 is 2.09 bits per heavy atom.